The van der Waals surface area contributed by atoms with E-state index in [9.17, 15) is 4.79 Å². The topological polar surface area (TPSA) is 64.7 Å². The first-order chi connectivity index (χ1) is 15.8. The normalized spacial score (nSPS) is 14.0. The Morgan fingerprint density at radius 1 is 0.970 bits per heavy atom. The Hall–Kier alpha value is -3.58. The number of nitrogens with one attached hydrogen (secondary N) is 1. The number of carbonyl (C=O) groups is 1. The van der Waals surface area contributed by atoms with E-state index in [0.717, 1.165) is 22.6 Å². The lowest BCUT2D eigenvalue weighted by Crippen LogP contribution is -2.31. The van der Waals surface area contributed by atoms with E-state index in [4.69, 9.17) is 4.84 Å². The Balaban J connectivity index is 1.88. The van der Waals surface area contributed by atoms with Crippen molar-refractivity contribution in [3.8, 4) is 0 Å². The van der Waals surface area contributed by atoms with E-state index in [2.05, 4.69) is 74.6 Å². The third-order valence-electron chi connectivity index (χ3n) is 6.39. The smallest absolute Gasteiger partial charge is 0.298 e. The molecule has 2 aromatic carbocycles. The molecule has 7 heteroatoms. The second kappa shape index (κ2) is 8.75. The molecule has 0 atom stereocenters. The summed E-state index contributed by atoms with van der Waals surface area (Å²) < 4.78 is 0. The molecule has 33 heavy (non-hydrogen) atoms. The van der Waals surface area contributed by atoms with Gasteiger partial charge < -0.3 is 9.80 Å². The summed E-state index contributed by atoms with van der Waals surface area (Å²) in [7, 11) is 11.2. The van der Waals surface area contributed by atoms with Crippen molar-refractivity contribution in [2.45, 2.75) is 11.8 Å². The molecule has 0 saturated carbocycles. The predicted molar refractivity (Wildman–Crippen MR) is 133 cm³/mol. The van der Waals surface area contributed by atoms with Crippen LogP contribution in [-0.4, -0.2) is 63.5 Å². The molecule has 3 aromatic rings. The molecule has 0 bridgehead atoms. The van der Waals surface area contributed by atoms with Crippen LogP contribution in [0.5, 0.6) is 0 Å². The van der Waals surface area contributed by atoms with Crippen LogP contribution in [0.3, 0.4) is 0 Å². The Morgan fingerprint density at radius 2 is 1.55 bits per heavy atom. The van der Waals surface area contributed by atoms with Crippen molar-refractivity contribution in [1.82, 2.24) is 15.3 Å². The summed E-state index contributed by atoms with van der Waals surface area (Å²) in [5.41, 5.74) is 6.33. The number of allylic oxidation sites excluding steroid dienone is 1. The molecular formula is C26H31N5O2. The van der Waals surface area contributed by atoms with Gasteiger partial charge in [0.1, 0.15) is 0 Å². The molecule has 1 heterocycles. The molecule has 1 amide bonds. The van der Waals surface area contributed by atoms with E-state index in [1.54, 1.807) is 7.05 Å². The highest BCUT2D eigenvalue weighted by molar-refractivity contribution is 5.96. The van der Waals surface area contributed by atoms with Gasteiger partial charge in [-0.25, -0.2) is 5.06 Å². The minimum atomic E-state index is -0.412. The number of fused-ring (bicyclic) bond motifs is 1. The number of hydrogen-bond acceptors (Lipinski definition) is 5. The first-order valence-electron chi connectivity index (χ1n) is 10.9. The summed E-state index contributed by atoms with van der Waals surface area (Å²) in [6, 6.07) is 17.2. The van der Waals surface area contributed by atoms with E-state index >= 15 is 0 Å². The zero-order valence-electron chi connectivity index (χ0n) is 20.1. The van der Waals surface area contributed by atoms with Crippen LogP contribution in [0.15, 0.2) is 54.6 Å². The molecule has 1 N–H and O–H groups in total. The van der Waals surface area contributed by atoms with E-state index in [-0.39, 0.29) is 5.91 Å². The molecule has 0 aliphatic heterocycles. The largest absolute Gasteiger partial charge is 0.378 e. The van der Waals surface area contributed by atoms with Gasteiger partial charge in [-0.05, 0) is 35.4 Å². The number of carbonyl (C=O) groups excluding carboxylic acids is 1. The zero-order chi connectivity index (χ0) is 23.8. The van der Waals surface area contributed by atoms with Gasteiger partial charge in [0.15, 0.2) is 5.69 Å². The molecule has 1 aliphatic carbocycles. The average Bonchev–Trinajstić information content (AvgIpc) is 3.26. The number of H-pyrrole nitrogens is 1. The monoisotopic (exact) mass is 445 g/mol. The summed E-state index contributed by atoms with van der Waals surface area (Å²) in [6.45, 7) is 0. The van der Waals surface area contributed by atoms with Gasteiger partial charge in [-0.3, -0.25) is 14.7 Å². The van der Waals surface area contributed by atoms with E-state index < -0.39 is 5.41 Å². The molecule has 1 aliphatic rings. The van der Waals surface area contributed by atoms with Crippen LogP contribution < -0.4 is 9.80 Å². The number of nitrogens with zero attached hydrogens (tertiary/aromatic N) is 4. The zero-order valence-corrected chi connectivity index (χ0v) is 20.1. The summed E-state index contributed by atoms with van der Waals surface area (Å²) in [5, 5.41) is 8.67. The number of hydroxylamine groups is 2. The van der Waals surface area contributed by atoms with Gasteiger partial charge in [-0.1, -0.05) is 36.4 Å². The molecule has 172 valence electrons. The minimum Gasteiger partial charge on any atom is -0.378 e. The summed E-state index contributed by atoms with van der Waals surface area (Å²) in [5.74, 6) is -0.281. The van der Waals surface area contributed by atoms with Gasteiger partial charge in [-0.2, -0.15) is 5.10 Å². The number of rotatable bonds is 6. The summed E-state index contributed by atoms with van der Waals surface area (Å²) in [4.78, 5) is 22.0. The first kappa shape index (κ1) is 22.6. The number of amides is 1. The SMILES string of the molecule is CON(C)C(=O)c1n[nH]c2c1C=CC(c1cccc(N(C)C)c1)(c1cccc(N(C)C)c1)C2. The van der Waals surface area contributed by atoms with Crippen LogP contribution in [0.25, 0.3) is 6.08 Å². The summed E-state index contributed by atoms with van der Waals surface area (Å²) >= 11 is 0. The molecule has 0 spiro atoms. The molecule has 0 saturated heterocycles. The number of benzene rings is 2. The Bertz CT molecular complexity index is 1140. The van der Waals surface area contributed by atoms with Crippen molar-refractivity contribution in [1.29, 1.82) is 0 Å². The maximum absolute atomic E-state index is 12.7. The maximum atomic E-state index is 12.7. The number of anilines is 2. The molecule has 4 rings (SSSR count). The predicted octanol–water partition coefficient (Wildman–Crippen LogP) is 3.73. The van der Waals surface area contributed by atoms with Gasteiger partial charge in [0.2, 0.25) is 0 Å². The van der Waals surface area contributed by atoms with Crippen LogP contribution >= 0.6 is 0 Å². The fraction of sp³-hybridized carbons (Fsp3) is 0.308. The minimum absolute atomic E-state index is 0.281. The van der Waals surface area contributed by atoms with Crippen molar-refractivity contribution >= 4 is 23.4 Å². The second-order valence-corrected chi connectivity index (χ2v) is 8.82. The van der Waals surface area contributed by atoms with Gasteiger partial charge in [0, 0.05) is 69.7 Å². The van der Waals surface area contributed by atoms with Crippen LogP contribution in [0.2, 0.25) is 0 Å². The van der Waals surface area contributed by atoms with Crippen molar-refractivity contribution in [3.63, 3.8) is 0 Å². The van der Waals surface area contributed by atoms with Crippen molar-refractivity contribution < 1.29 is 9.63 Å². The van der Waals surface area contributed by atoms with Crippen LogP contribution in [0, 0.1) is 0 Å². The molecule has 0 fully saturated rings. The first-order valence-corrected chi connectivity index (χ1v) is 10.9. The third kappa shape index (κ3) is 4.00. The van der Waals surface area contributed by atoms with Crippen molar-refractivity contribution in [2.24, 2.45) is 0 Å². The van der Waals surface area contributed by atoms with Crippen molar-refractivity contribution in [2.75, 3.05) is 52.1 Å². The van der Waals surface area contributed by atoms with Crippen molar-refractivity contribution in [3.05, 3.63) is 82.7 Å². The lowest BCUT2D eigenvalue weighted by Gasteiger charge is -2.35. The second-order valence-electron chi connectivity index (χ2n) is 8.82. The van der Waals surface area contributed by atoms with Gasteiger partial charge in [0.05, 0.1) is 7.11 Å². The quantitative estimate of drug-likeness (QED) is 0.586. The lowest BCUT2D eigenvalue weighted by atomic mass is 9.68. The number of hydrogen-bond donors (Lipinski definition) is 1. The van der Waals surface area contributed by atoms with Crippen LogP contribution in [0.4, 0.5) is 11.4 Å². The maximum Gasteiger partial charge on any atom is 0.298 e. The van der Waals surface area contributed by atoms with E-state index in [1.807, 2.05) is 34.3 Å². The fourth-order valence-electron chi connectivity index (χ4n) is 4.35. The lowest BCUT2D eigenvalue weighted by molar-refractivity contribution is -0.0760. The average molecular weight is 446 g/mol. The molecule has 1 aromatic heterocycles. The van der Waals surface area contributed by atoms with E-state index in [1.165, 1.54) is 23.3 Å². The molecule has 0 unspecified atom stereocenters. The third-order valence-corrected chi connectivity index (χ3v) is 6.39. The van der Waals surface area contributed by atoms with Crippen LogP contribution in [0.1, 0.15) is 32.9 Å². The Kier molecular flexibility index (Phi) is 5.99. The highest BCUT2D eigenvalue weighted by Crippen LogP contribution is 2.43. The standard InChI is InChI=1S/C26H31N5O2/c1-29(2)20-11-7-9-18(15-20)26(19-10-8-12-21(16-19)30(3)4)14-13-22-23(17-26)27-28-24(22)25(32)31(5)33-6/h7-16H,17H2,1-6H3,(H,27,28). The highest BCUT2D eigenvalue weighted by atomic mass is 16.7. The number of aromatic amines is 1. The van der Waals surface area contributed by atoms with Gasteiger partial charge >= 0.3 is 0 Å². The highest BCUT2D eigenvalue weighted by Gasteiger charge is 2.38. The van der Waals surface area contributed by atoms with Gasteiger partial charge in [0.25, 0.3) is 5.91 Å². The van der Waals surface area contributed by atoms with Crippen LogP contribution in [-0.2, 0) is 16.7 Å². The molecular weight excluding hydrogens is 414 g/mol. The molecule has 7 nitrogen and oxygen atoms in total. The fourth-order valence-corrected chi connectivity index (χ4v) is 4.35. The van der Waals surface area contributed by atoms with Gasteiger partial charge in [-0.15, -0.1) is 0 Å². The molecule has 0 radical (unpaired) electrons. The Labute approximate surface area is 195 Å². The van der Waals surface area contributed by atoms with E-state index in [0.29, 0.717) is 12.1 Å². The summed E-state index contributed by atoms with van der Waals surface area (Å²) in [6.07, 6.45) is 4.88. The number of aromatic nitrogens is 2. The Morgan fingerprint density at radius 3 is 2.06 bits per heavy atom.